The third kappa shape index (κ3) is 5.86. The van der Waals surface area contributed by atoms with Crippen molar-refractivity contribution in [3.63, 3.8) is 0 Å². The Balaban J connectivity index is 1.99. The molecule has 4 nitrogen and oxygen atoms in total. The Hall–Kier alpha value is -2.78. The van der Waals surface area contributed by atoms with Gasteiger partial charge in [0.2, 0.25) is 5.56 Å². The summed E-state index contributed by atoms with van der Waals surface area (Å²) in [6, 6.07) is 5.38. The lowest BCUT2D eigenvalue weighted by atomic mass is 10.0. The van der Waals surface area contributed by atoms with E-state index in [0.29, 0.717) is 31.5 Å². The number of hydrogen-bond donors (Lipinski definition) is 1. The highest BCUT2D eigenvalue weighted by Crippen LogP contribution is 2.36. The number of hydrogen-bond acceptors (Lipinski definition) is 2. The maximum atomic E-state index is 12.8. The SMILES string of the molecule is O=C(NCCCCn1ccccc1=O)c1cc(C(F)(F)F)cc(C(F)(F)F)c1. The standard InChI is InChI=1S/C18H16F6N2O2/c19-17(20,21)13-9-12(10-14(11-13)18(22,23)24)16(28)25-6-2-4-8-26-7-3-1-5-15(26)27/h1,3,5,7,9-11H,2,4,6,8H2,(H,25,28). The van der Waals surface area contributed by atoms with Crippen LogP contribution in [0.5, 0.6) is 0 Å². The van der Waals surface area contributed by atoms with Crippen LogP contribution in [0, 0.1) is 0 Å². The monoisotopic (exact) mass is 406 g/mol. The van der Waals surface area contributed by atoms with Gasteiger partial charge in [0.05, 0.1) is 11.1 Å². The van der Waals surface area contributed by atoms with Crippen molar-refractivity contribution in [3.8, 4) is 0 Å². The van der Waals surface area contributed by atoms with Gasteiger partial charge in [0.25, 0.3) is 5.91 Å². The Bertz CT molecular complexity index is 854. The van der Waals surface area contributed by atoms with Gasteiger partial charge >= 0.3 is 12.4 Å². The molecule has 1 heterocycles. The van der Waals surface area contributed by atoms with E-state index in [4.69, 9.17) is 0 Å². The largest absolute Gasteiger partial charge is 0.416 e. The zero-order chi connectivity index (χ0) is 20.9. The van der Waals surface area contributed by atoms with Gasteiger partial charge in [-0.1, -0.05) is 6.07 Å². The summed E-state index contributed by atoms with van der Waals surface area (Å²) in [6.45, 7) is 0.412. The first-order valence-electron chi connectivity index (χ1n) is 8.21. The van der Waals surface area contributed by atoms with Crippen LogP contribution in [0.25, 0.3) is 0 Å². The van der Waals surface area contributed by atoms with Crippen molar-refractivity contribution in [1.29, 1.82) is 0 Å². The number of unbranched alkanes of at least 4 members (excludes halogenated alkanes) is 1. The Morgan fingerprint density at radius 2 is 1.54 bits per heavy atom. The molecule has 1 amide bonds. The number of carbonyl (C=O) groups is 1. The molecule has 0 fully saturated rings. The molecule has 0 spiro atoms. The van der Waals surface area contributed by atoms with E-state index in [-0.39, 0.29) is 18.2 Å². The number of nitrogens with one attached hydrogen (secondary N) is 1. The molecule has 28 heavy (non-hydrogen) atoms. The molecule has 10 heteroatoms. The lowest BCUT2D eigenvalue weighted by Gasteiger charge is -2.14. The number of aromatic nitrogens is 1. The highest BCUT2D eigenvalue weighted by molar-refractivity contribution is 5.94. The average molecular weight is 406 g/mol. The molecule has 0 bridgehead atoms. The van der Waals surface area contributed by atoms with Gasteiger partial charge < -0.3 is 9.88 Å². The van der Waals surface area contributed by atoms with E-state index in [1.54, 1.807) is 18.3 Å². The highest BCUT2D eigenvalue weighted by Gasteiger charge is 2.37. The maximum Gasteiger partial charge on any atom is 0.416 e. The molecule has 2 aromatic rings. The molecule has 2 rings (SSSR count). The first-order chi connectivity index (χ1) is 13.0. The van der Waals surface area contributed by atoms with Gasteiger partial charge in [0, 0.05) is 30.9 Å². The fourth-order valence-corrected chi connectivity index (χ4v) is 2.44. The number of aryl methyl sites for hydroxylation is 1. The average Bonchev–Trinajstić information content (AvgIpc) is 2.61. The summed E-state index contributed by atoms with van der Waals surface area (Å²) in [7, 11) is 0. The lowest BCUT2D eigenvalue weighted by molar-refractivity contribution is -0.143. The second-order valence-corrected chi connectivity index (χ2v) is 5.99. The van der Waals surface area contributed by atoms with Crippen LogP contribution in [0.2, 0.25) is 0 Å². The van der Waals surface area contributed by atoms with Crippen molar-refractivity contribution < 1.29 is 31.1 Å². The van der Waals surface area contributed by atoms with Gasteiger partial charge in [-0.25, -0.2) is 0 Å². The molecule has 0 aliphatic rings. The maximum absolute atomic E-state index is 12.8. The summed E-state index contributed by atoms with van der Waals surface area (Å²) in [5.74, 6) is -1.03. The Kier molecular flexibility index (Phi) is 6.52. The van der Waals surface area contributed by atoms with Crippen LogP contribution in [-0.4, -0.2) is 17.0 Å². The smallest absolute Gasteiger partial charge is 0.352 e. The fourth-order valence-electron chi connectivity index (χ4n) is 2.44. The van der Waals surface area contributed by atoms with E-state index in [1.807, 2.05) is 0 Å². The summed E-state index contributed by atoms with van der Waals surface area (Å²) in [6.07, 6.45) is -7.57. The molecule has 1 aromatic carbocycles. The van der Waals surface area contributed by atoms with E-state index in [2.05, 4.69) is 5.32 Å². The molecule has 0 atom stereocenters. The van der Waals surface area contributed by atoms with Gasteiger partial charge in [0.1, 0.15) is 0 Å². The van der Waals surface area contributed by atoms with Crippen molar-refractivity contribution in [3.05, 3.63) is 69.6 Å². The topological polar surface area (TPSA) is 51.1 Å². The molecule has 152 valence electrons. The number of amides is 1. The minimum absolute atomic E-state index is 0.0334. The molecule has 1 N–H and O–H groups in total. The number of alkyl halides is 6. The lowest BCUT2D eigenvalue weighted by Crippen LogP contribution is -2.26. The first kappa shape index (κ1) is 21.5. The van der Waals surface area contributed by atoms with Gasteiger partial charge in [-0.2, -0.15) is 26.3 Å². The van der Waals surface area contributed by atoms with Gasteiger partial charge in [-0.15, -0.1) is 0 Å². The quantitative estimate of drug-likeness (QED) is 0.580. The van der Waals surface area contributed by atoms with Crippen LogP contribution in [-0.2, 0) is 18.9 Å². The number of carbonyl (C=O) groups excluding carboxylic acids is 1. The minimum Gasteiger partial charge on any atom is -0.352 e. The number of halogens is 6. The van der Waals surface area contributed by atoms with Crippen LogP contribution in [0.15, 0.2) is 47.4 Å². The molecule has 0 aliphatic carbocycles. The molecular weight excluding hydrogens is 390 g/mol. The minimum atomic E-state index is -5.01. The van der Waals surface area contributed by atoms with Gasteiger partial charge in [-0.3, -0.25) is 9.59 Å². The Morgan fingerprint density at radius 3 is 2.07 bits per heavy atom. The fraction of sp³-hybridized carbons (Fsp3) is 0.333. The molecule has 0 saturated heterocycles. The van der Waals surface area contributed by atoms with Gasteiger partial charge in [0.15, 0.2) is 0 Å². The van der Waals surface area contributed by atoms with Crippen LogP contribution < -0.4 is 10.9 Å². The first-order valence-corrected chi connectivity index (χ1v) is 8.21. The van der Waals surface area contributed by atoms with E-state index in [9.17, 15) is 35.9 Å². The Morgan fingerprint density at radius 1 is 0.929 bits per heavy atom. The third-order valence-electron chi connectivity index (χ3n) is 3.86. The number of nitrogens with zero attached hydrogens (tertiary/aromatic N) is 1. The summed E-state index contributed by atoms with van der Waals surface area (Å²) in [5, 5.41) is 2.30. The number of rotatable bonds is 6. The van der Waals surface area contributed by atoms with Crippen molar-refractivity contribution >= 4 is 5.91 Å². The van der Waals surface area contributed by atoms with E-state index < -0.39 is 35.0 Å². The van der Waals surface area contributed by atoms with Crippen LogP contribution in [0.1, 0.15) is 34.3 Å². The normalized spacial score (nSPS) is 12.1. The molecule has 0 unspecified atom stereocenters. The van der Waals surface area contributed by atoms with Crippen LogP contribution in [0.3, 0.4) is 0 Å². The van der Waals surface area contributed by atoms with Crippen molar-refractivity contribution in [1.82, 2.24) is 9.88 Å². The van der Waals surface area contributed by atoms with Crippen LogP contribution in [0.4, 0.5) is 26.3 Å². The summed E-state index contributed by atoms with van der Waals surface area (Å²) >= 11 is 0. The second kappa shape index (κ2) is 8.49. The predicted octanol–water partition coefficient (Wildman–Crippen LogP) is 4.10. The third-order valence-corrected chi connectivity index (χ3v) is 3.86. The van der Waals surface area contributed by atoms with Crippen molar-refractivity contribution in [2.24, 2.45) is 0 Å². The molecule has 0 aliphatic heterocycles. The highest BCUT2D eigenvalue weighted by atomic mass is 19.4. The van der Waals surface area contributed by atoms with Gasteiger partial charge in [-0.05, 0) is 37.1 Å². The summed E-state index contributed by atoms with van der Waals surface area (Å²) in [4.78, 5) is 23.5. The zero-order valence-electron chi connectivity index (χ0n) is 14.4. The van der Waals surface area contributed by atoms with Crippen LogP contribution >= 0.6 is 0 Å². The summed E-state index contributed by atoms with van der Waals surface area (Å²) < 4.78 is 78.4. The van der Waals surface area contributed by atoms with Crippen molar-refractivity contribution in [2.75, 3.05) is 6.54 Å². The molecule has 0 radical (unpaired) electrons. The van der Waals surface area contributed by atoms with E-state index in [1.165, 1.54) is 10.6 Å². The molecule has 1 aromatic heterocycles. The number of pyridine rings is 1. The molecule has 0 saturated carbocycles. The molecular formula is C18H16F6N2O2. The zero-order valence-corrected chi connectivity index (χ0v) is 14.4. The van der Waals surface area contributed by atoms with E-state index >= 15 is 0 Å². The Labute approximate surface area is 155 Å². The summed E-state index contributed by atoms with van der Waals surface area (Å²) in [5.41, 5.74) is -4.01. The number of benzene rings is 1. The second-order valence-electron chi connectivity index (χ2n) is 5.99. The predicted molar refractivity (Wildman–Crippen MR) is 88.7 cm³/mol. The van der Waals surface area contributed by atoms with Crippen molar-refractivity contribution in [2.45, 2.75) is 31.7 Å². The van der Waals surface area contributed by atoms with E-state index in [0.717, 1.165) is 0 Å².